The normalized spacial score (nSPS) is 23.7. The Balaban J connectivity index is 1.64. The lowest BCUT2D eigenvalue weighted by atomic mass is 9.98. The lowest BCUT2D eigenvalue weighted by Gasteiger charge is -2.38. The van der Waals surface area contributed by atoms with Crippen molar-refractivity contribution >= 4 is 5.91 Å². The Morgan fingerprint density at radius 2 is 2.17 bits per heavy atom. The standard InChI is InChI=1S/C18H28N2O3/c1-13-6-9-16(23-13)11-20(15-7-8-15)18(22)12-19-10-4-3-5-17(19)14(2)21/h6,9,14-15,17,21H,3-5,7-8,10-12H2,1-2H3. The largest absolute Gasteiger partial charge is 0.464 e. The van der Waals surface area contributed by atoms with E-state index in [-0.39, 0.29) is 18.1 Å². The molecule has 5 nitrogen and oxygen atoms in total. The Morgan fingerprint density at radius 1 is 1.39 bits per heavy atom. The van der Waals surface area contributed by atoms with Crippen LogP contribution in [0.5, 0.6) is 0 Å². The predicted octanol–water partition coefficient (Wildman–Crippen LogP) is 2.31. The molecule has 5 heteroatoms. The van der Waals surface area contributed by atoms with Crippen LogP contribution in [0.4, 0.5) is 0 Å². The Kier molecular flexibility index (Phi) is 5.07. The van der Waals surface area contributed by atoms with Gasteiger partial charge in [-0.25, -0.2) is 0 Å². The smallest absolute Gasteiger partial charge is 0.237 e. The lowest BCUT2D eigenvalue weighted by Crippen LogP contribution is -2.50. The number of carbonyl (C=O) groups is 1. The lowest BCUT2D eigenvalue weighted by molar-refractivity contribution is -0.135. The van der Waals surface area contributed by atoms with Crippen molar-refractivity contribution in [3.05, 3.63) is 23.7 Å². The molecule has 2 unspecified atom stereocenters. The third-order valence-electron chi connectivity index (χ3n) is 4.99. The summed E-state index contributed by atoms with van der Waals surface area (Å²) in [6, 6.07) is 4.37. The van der Waals surface area contributed by atoms with Gasteiger partial charge in [0, 0.05) is 12.1 Å². The number of aryl methyl sites for hydroxylation is 1. The van der Waals surface area contributed by atoms with Crippen LogP contribution in [0.25, 0.3) is 0 Å². The summed E-state index contributed by atoms with van der Waals surface area (Å²) in [6.07, 6.45) is 5.02. The molecule has 1 aromatic heterocycles. The topological polar surface area (TPSA) is 56.9 Å². The Morgan fingerprint density at radius 3 is 2.78 bits per heavy atom. The van der Waals surface area contributed by atoms with Crippen molar-refractivity contribution in [3.8, 4) is 0 Å². The third-order valence-corrected chi connectivity index (χ3v) is 4.99. The quantitative estimate of drug-likeness (QED) is 0.874. The molecule has 3 rings (SSSR count). The number of nitrogens with zero attached hydrogens (tertiary/aromatic N) is 2. The number of piperidine rings is 1. The predicted molar refractivity (Wildman–Crippen MR) is 87.9 cm³/mol. The first-order valence-corrected chi connectivity index (χ1v) is 8.81. The van der Waals surface area contributed by atoms with E-state index in [0.717, 1.165) is 50.2 Å². The summed E-state index contributed by atoms with van der Waals surface area (Å²) in [5.41, 5.74) is 0. The van der Waals surface area contributed by atoms with E-state index < -0.39 is 0 Å². The molecule has 2 aliphatic rings. The summed E-state index contributed by atoms with van der Waals surface area (Å²) >= 11 is 0. The molecule has 0 radical (unpaired) electrons. The zero-order valence-corrected chi connectivity index (χ0v) is 14.2. The van der Waals surface area contributed by atoms with Crippen LogP contribution in [-0.2, 0) is 11.3 Å². The van der Waals surface area contributed by atoms with Crippen molar-refractivity contribution in [2.45, 2.75) is 70.7 Å². The van der Waals surface area contributed by atoms with E-state index in [1.807, 2.05) is 30.9 Å². The molecule has 1 N–H and O–H groups in total. The monoisotopic (exact) mass is 320 g/mol. The summed E-state index contributed by atoms with van der Waals surface area (Å²) in [5.74, 6) is 1.90. The summed E-state index contributed by atoms with van der Waals surface area (Å²) in [6.45, 7) is 5.63. The maximum absolute atomic E-state index is 12.8. The van der Waals surface area contributed by atoms with Gasteiger partial charge in [-0.15, -0.1) is 0 Å². The number of carbonyl (C=O) groups excluding carboxylic acids is 1. The molecule has 1 aliphatic carbocycles. The van der Waals surface area contributed by atoms with Crippen molar-refractivity contribution < 1.29 is 14.3 Å². The highest BCUT2D eigenvalue weighted by Crippen LogP contribution is 2.29. The van der Waals surface area contributed by atoms with Crippen molar-refractivity contribution in [3.63, 3.8) is 0 Å². The minimum atomic E-state index is -0.384. The zero-order valence-electron chi connectivity index (χ0n) is 14.2. The Labute approximate surface area is 138 Å². The van der Waals surface area contributed by atoms with E-state index in [2.05, 4.69) is 4.90 Å². The molecule has 1 saturated carbocycles. The fourth-order valence-electron chi connectivity index (χ4n) is 3.57. The average Bonchev–Trinajstić information content (AvgIpc) is 3.27. The highest BCUT2D eigenvalue weighted by molar-refractivity contribution is 5.79. The second-order valence-corrected chi connectivity index (χ2v) is 7.04. The highest BCUT2D eigenvalue weighted by Gasteiger charge is 2.35. The van der Waals surface area contributed by atoms with E-state index in [4.69, 9.17) is 4.42 Å². The number of aliphatic hydroxyl groups excluding tert-OH is 1. The summed E-state index contributed by atoms with van der Waals surface area (Å²) in [4.78, 5) is 17.0. The minimum Gasteiger partial charge on any atom is -0.464 e. The van der Waals surface area contributed by atoms with Crippen LogP contribution in [-0.4, -0.2) is 52.1 Å². The van der Waals surface area contributed by atoms with Crippen LogP contribution >= 0.6 is 0 Å². The molecule has 0 spiro atoms. The van der Waals surface area contributed by atoms with Crippen molar-refractivity contribution in [1.82, 2.24) is 9.80 Å². The number of likely N-dealkylation sites (tertiary alicyclic amines) is 1. The molecule has 1 saturated heterocycles. The van der Waals surface area contributed by atoms with Gasteiger partial charge >= 0.3 is 0 Å². The number of aliphatic hydroxyl groups is 1. The first kappa shape index (κ1) is 16.5. The molecule has 1 aromatic rings. The van der Waals surface area contributed by atoms with Crippen molar-refractivity contribution in [2.24, 2.45) is 0 Å². The van der Waals surface area contributed by atoms with Gasteiger partial charge in [0.25, 0.3) is 0 Å². The fourth-order valence-corrected chi connectivity index (χ4v) is 3.57. The van der Waals surface area contributed by atoms with Gasteiger partial charge in [0.1, 0.15) is 11.5 Å². The maximum atomic E-state index is 12.8. The van der Waals surface area contributed by atoms with Crippen LogP contribution in [0.1, 0.15) is 50.5 Å². The van der Waals surface area contributed by atoms with E-state index in [0.29, 0.717) is 19.1 Å². The molecule has 2 heterocycles. The van der Waals surface area contributed by atoms with Gasteiger partial charge in [0.15, 0.2) is 0 Å². The van der Waals surface area contributed by atoms with Crippen molar-refractivity contribution in [1.29, 1.82) is 0 Å². The molecule has 1 amide bonds. The van der Waals surface area contributed by atoms with Crippen LogP contribution in [0.3, 0.4) is 0 Å². The van der Waals surface area contributed by atoms with Gasteiger partial charge in [-0.2, -0.15) is 0 Å². The summed E-state index contributed by atoms with van der Waals surface area (Å²) < 4.78 is 5.64. The van der Waals surface area contributed by atoms with Gasteiger partial charge in [-0.05, 0) is 58.2 Å². The summed E-state index contributed by atoms with van der Waals surface area (Å²) in [5, 5.41) is 9.98. The highest BCUT2D eigenvalue weighted by atomic mass is 16.3. The molecular formula is C18H28N2O3. The van der Waals surface area contributed by atoms with Gasteiger partial charge < -0.3 is 14.4 Å². The molecule has 2 atom stereocenters. The van der Waals surface area contributed by atoms with E-state index in [1.54, 1.807) is 0 Å². The van der Waals surface area contributed by atoms with Crippen LogP contribution in [0.15, 0.2) is 16.5 Å². The molecule has 0 bridgehead atoms. The molecule has 128 valence electrons. The van der Waals surface area contributed by atoms with E-state index in [1.165, 1.54) is 0 Å². The molecule has 23 heavy (non-hydrogen) atoms. The van der Waals surface area contributed by atoms with Gasteiger partial charge in [-0.3, -0.25) is 9.69 Å². The molecular weight excluding hydrogens is 292 g/mol. The number of hydrogen-bond donors (Lipinski definition) is 1. The number of amides is 1. The van der Waals surface area contributed by atoms with Crippen LogP contribution < -0.4 is 0 Å². The van der Waals surface area contributed by atoms with E-state index >= 15 is 0 Å². The maximum Gasteiger partial charge on any atom is 0.237 e. The van der Waals surface area contributed by atoms with Gasteiger partial charge in [0.05, 0.1) is 19.2 Å². The number of rotatable bonds is 6. The molecule has 0 aromatic carbocycles. The average molecular weight is 320 g/mol. The minimum absolute atomic E-state index is 0.111. The van der Waals surface area contributed by atoms with Crippen LogP contribution in [0, 0.1) is 6.92 Å². The SMILES string of the molecule is Cc1ccc(CN(C(=O)CN2CCCCC2C(C)O)C2CC2)o1. The fraction of sp³-hybridized carbons (Fsp3) is 0.722. The first-order chi connectivity index (χ1) is 11.0. The van der Waals surface area contributed by atoms with Crippen LogP contribution in [0.2, 0.25) is 0 Å². The first-order valence-electron chi connectivity index (χ1n) is 8.81. The zero-order chi connectivity index (χ0) is 16.4. The van der Waals surface area contributed by atoms with E-state index in [9.17, 15) is 9.90 Å². The number of hydrogen-bond acceptors (Lipinski definition) is 4. The second-order valence-electron chi connectivity index (χ2n) is 7.04. The second kappa shape index (κ2) is 7.05. The number of furan rings is 1. The van der Waals surface area contributed by atoms with Gasteiger partial charge in [-0.1, -0.05) is 6.42 Å². The Bertz CT molecular complexity index is 536. The summed E-state index contributed by atoms with van der Waals surface area (Å²) in [7, 11) is 0. The Hall–Kier alpha value is -1.33. The molecule has 2 fully saturated rings. The van der Waals surface area contributed by atoms with Crippen molar-refractivity contribution in [2.75, 3.05) is 13.1 Å². The van der Waals surface area contributed by atoms with Gasteiger partial charge in [0.2, 0.25) is 5.91 Å². The third kappa shape index (κ3) is 4.15. The molecule has 1 aliphatic heterocycles.